The maximum atomic E-state index is 14.6. The van der Waals surface area contributed by atoms with Crippen LogP contribution in [-0.4, -0.2) is 19.5 Å². The molecule has 5 N–H and O–H groups in total. The van der Waals surface area contributed by atoms with Crippen LogP contribution < -0.4 is 22.3 Å². The van der Waals surface area contributed by atoms with E-state index in [1.165, 1.54) is 18.2 Å². The van der Waals surface area contributed by atoms with Crippen LogP contribution in [0.1, 0.15) is 36.3 Å². The Morgan fingerprint density at radius 2 is 1.91 bits per heavy atom. The number of hydrogen-bond acceptors (Lipinski definition) is 8. The van der Waals surface area contributed by atoms with Gasteiger partial charge in [-0.05, 0) is 37.3 Å². The lowest BCUT2D eigenvalue weighted by atomic mass is 10.1. The van der Waals surface area contributed by atoms with E-state index in [1.807, 2.05) is 6.07 Å². The van der Waals surface area contributed by atoms with Crippen LogP contribution >= 0.6 is 11.6 Å². The molecular weight excluding hydrogens is 485 g/mol. The molecule has 2 heterocycles. The Labute approximate surface area is 200 Å². The van der Waals surface area contributed by atoms with E-state index in [9.17, 15) is 23.2 Å². The summed E-state index contributed by atoms with van der Waals surface area (Å²) < 4.78 is 42.5. The summed E-state index contributed by atoms with van der Waals surface area (Å²) in [6.07, 6.45) is -2.88. The average molecular weight is 501 g/mol. The molecule has 0 spiro atoms. The van der Waals surface area contributed by atoms with Gasteiger partial charge in [0.1, 0.15) is 34.5 Å². The highest BCUT2D eigenvalue weighted by Crippen LogP contribution is 2.29. The quantitative estimate of drug-likeness (QED) is 0.370. The summed E-state index contributed by atoms with van der Waals surface area (Å²) in [7, 11) is 0. The molecule has 2 aromatic heterocycles. The van der Waals surface area contributed by atoms with E-state index in [4.69, 9.17) is 23.1 Å². The molecule has 0 saturated heterocycles. The monoisotopic (exact) mass is 500 g/mol. The van der Waals surface area contributed by atoms with Gasteiger partial charge in [-0.15, -0.1) is 0 Å². The number of nitrogens with one attached hydrogen (secondary N) is 1. The highest BCUT2D eigenvalue weighted by molar-refractivity contribution is 6.30. The van der Waals surface area contributed by atoms with E-state index in [-0.39, 0.29) is 50.6 Å². The first-order valence-electron chi connectivity index (χ1n) is 10.0. The van der Waals surface area contributed by atoms with Gasteiger partial charge in [0.25, 0.3) is 12.0 Å². The number of fused-ring (bicyclic) bond motifs is 1. The second kappa shape index (κ2) is 9.11. The zero-order valence-corrected chi connectivity index (χ0v) is 18.7. The molecule has 0 radical (unpaired) electrons. The molecule has 0 aliphatic rings. The number of halogens is 4. The van der Waals surface area contributed by atoms with Gasteiger partial charge in [0, 0.05) is 10.6 Å². The summed E-state index contributed by atoms with van der Waals surface area (Å²) in [5, 5.41) is 11.9. The molecule has 178 valence electrons. The fraction of sp³-hybridized carbons (Fsp3) is 0.136. The van der Waals surface area contributed by atoms with Crippen molar-refractivity contribution >= 4 is 40.1 Å². The van der Waals surface area contributed by atoms with E-state index < -0.39 is 29.4 Å². The molecule has 0 unspecified atom stereocenters. The van der Waals surface area contributed by atoms with E-state index in [1.54, 1.807) is 6.92 Å². The van der Waals surface area contributed by atoms with E-state index in [2.05, 4.69) is 20.3 Å². The van der Waals surface area contributed by atoms with Gasteiger partial charge in [0.2, 0.25) is 5.95 Å². The first-order valence-corrected chi connectivity index (χ1v) is 10.4. The van der Waals surface area contributed by atoms with Crippen molar-refractivity contribution in [2.75, 3.05) is 16.8 Å². The normalized spacial score (nSPS) is 12.0. The van der Waals surface area contributed by atoms with Gasteiger partial charge in [0.15, 0.2) is 5.82 Å². The van der Waals surface area contributed by atoms with Crippen LogP contribution in [0.4, 0.5) is 30.8 Å². The topological polar surface area (TPSA) is 149 Å². The molecule has 0 aliphatic heterocycles. The number of rotatable bonds is 5. The molecule has 1 atom stereocenters. The summed E-state index contributed by atoms with van der Waals surface area (Å²) in [6, 6.07) is 8.28. The van der Waals surface area contributed by atoms with Crippen LogP contribution in [0.5, 0.6) is 0 Å². The van der Waals surface area contributed by atoms with Gasteiger partial charge in [0.05, 0.1) is 17.2 Å². The van der Waals surface area contributed by atoms with Crippen molar-refractivity contribution in [3.8, 4) is 11.8 Å². The molecule has 0 saturated carbocycles. The van der Waals surface area contributed by atoms with E-state index >= 15 is 0 Å². The number of nitrogens with two attached hydrogens (primary N) is 2. The third kappa shape index (κ3) is 4.41. The van der Waals surface area contributed by atoms with Crippen molar-refractivity contribution in [3.05, 3.63) is 74.5 Å². The van der Waals surface area contributed by atoms with Crippen molar-refractivity contribution in [3.63, 3.8) is 0 Å². The van der Waals surface area contributed by atoms with E-state index in [0.717, 1.165) is 22.8 Å². The molecule has 0 aliphatic carbocycles. The third-order valence-corrected chi connectivity index (χ3v) is 5.31. The highest BCUT2D eigenvalue weighted by atomic mass is 35.5. The maximum Gasteiger partial charge on any atom is 0.269 e. The van der Waals surface area contributed by atoms with Crippen molar-refractivity contribution in [2.24, 2.45) is 0 Å². The number of alkyl halides is 2. The van der Waals surface area contributed by atoms with E-state index in [0.29, 0.717) is 0 Å². The summed E-state index contributed by atoms with van der Waals surface area (Å²) in [6.45, 7) is 1.57. The Balaban J connectivity index is 1.99. The molecule has 0 bridgehead atoms. The van der Waals surface area contributed by atoms with Gasteiger partial charge >= 0.3 is 0 Å². The summed E-state index contributed by atoms with van der Waals surface area (Å²) in [5.41, 5.74) is 9.99. The largest absolute Gasteiger partial charge is 0.382 e. The van der Waals surface area contributed by atoms with Gasteiger partial charge in [-0.25, -0.2) is 18.2 Å². The standard InChI is InChI=1S/C22H16ClF3N8O/c1-9(30-19-13(8-27)18(28)32-22(29)33-19)20-31-15-4-2-3-14(24)16(15)21(35)34(20)12-6-10(17(25)26)5-11(23)7-12/h2-7,9,17H,1H3,(H5,28,29,30,32,33)/t9-/m0/s1. The van der Waals surface area contributed by atoms with Gasteiger partial charge in [-0.2, -0.15) is 15.2 Å². The predicted octanol–water partition coefficient (Wildman–Crippen LogP) is 4.11. The van der Waals surface area contributed by atoms with Gasteiger partial charge < -0.3 is 16.8 Å². The molecule has 4 rings (SSSR count). The second-order valence-electron chi connectivity index (χ2n) is 7.46. The minimum absolute atomic E-state index is 0.00442. The highest BCUT2D eigenvalue weighted by Gasteiger charge is 2.23. The second-order valence-corrected chi connectivity index (χ2v) is 7.89. The average Bonchev–Trinajstić information content (AvgIpc) is 2.78. The number of benzene rings is 2. The molecule has 2 aromatic carbocycles. The first-order chi connectivity index (χ1) is 16.6. The summed E-state index contributed by atoms with van der Waals surface area (Å²) >= 11 is 6.04. The molecule has 4 aromatic rings. The summed E-state index contributed by atoms with van der Waals surface area (Å²) in [4.78, 5) is 25.6. The Morgan fingerprint density at radius 1 is 1.17 bits per heavy atom. The minimum Gasteiger partial charge on any atom is -0.382 e. The number of anilines is 3. The number of aromatic nitrogens is 4. The summed E-state index contributed by atoms with van der Waals surface area (Å²) in [5.74, 6) is -1.25. The minimum atomic E-state index is -2.88. The zero-order chi connectivity index (χ0) is 25.4. The van der Waals surface area contributed by atoms with Crippen LogP contribution in [0.2, 0.25) is 5.02 Å². The molecule has 9 nitrogen and oxygen atoms in total. The van der Waals surface area contributed by atoms with Crippen LogP contribution in [0, 0.1) is 17.1 Å². The predicted molar refractivity (Wildman–Crippen MR) is 125 cm³/mol. The van der Waals surface area contributed by atoms with Crippen molar-refractivity contribution in [1.29, 1.82) is 5.26 Å². The van der Waals surface area contributed by atoms with Gasteiger partial charge in [-0.3, -0.25) is 9.36 Å². The Kier molecular flexibility index (Phi) is 6.19. The molecule has 0 fully saturated rings. The molecule has 0 amide bonds. The molecule has 35 heavy (non-hydrogen) atoms. The third-order valence-electron chi connectivity index (χ3n) is 5.09. The van der Waals surface area contributed by atoms with Crippen molar-refractivity contribution < 1.29 is 13.2 Å². The van der Waals surface area contributed by atoms with Crippen molar-refractivity contribution in [1.82, 2.24) is 19.5 Å². The Morgan fingerprint density at radius 3 is 2.60 bits per heavy atom. The lowest BCUT2D eigenvalue weighted by Gasteiger charge is -2.21. The zero-order valence-electron chi connectivity index (χ0n) is 17.9. The maximum absolute atomic E-state index is 14.6. The number of nitriles is 1. The number of nitrogen functional groups attached to an aromatic ring is 2. The fourth-order valence-corrected chi connectivity index (χ4v) is 3.82. The van der Waals surface area contributed by atoms with Crippen molar-refractivity contribution in [2.45, 2.75) is 19.4 Å². The molecule has 13 heteroatoms. The Bertz CT molecular complexity index is 1570. The Hall–Kier alpha value is -4.37. The van der Waals surface area contributed by atoms with Crippen LogP contribution in [0.3, 0.4) is 0 Å². The lowest BCUT2D eigenvalue weighted by molar-refractivity contribution is 0.151. The number of hydrogen-bond donors (Lipinski definition) is 3. The van der Waals surface area contributed by atoms with Gasteiger partial charge in [-0.1, -0.05) is 17.7 Å². The SMILES string of the molecule is C[C@H](Nc1nc(N)nc(N)c1C#N)c1nc2cccc(F)c2c(=O)n1-c1cc(Cl)cc(C(F)F)c1. The lowest BCUT2D eigenvalue weighted by Crippen LogP contribution is -2.28. The van der Waals surface area contributed by atoms with Crippen LogP contribution in [0.15, 0.2) is 41.2 Å². The fourth-order valence-electron chi connectivity index (χ4n) is 3.58. The number of nitrogens with zero attached hydrogens (tertiary/aromatic N) is 5. The van der Waals surface area contributed by atoms with Crippen LogP contribution in [-0.2, 0) is 0 Å². The van der Waals surface area contributed by atoms with Crippen LogP contribution in [0.25, 0.3) is 16.6 Å². The smallest absolute Gasteiger partial charge is 0.269 e. The molecular formula is C22H16ClF3N8O. The first kappa shape index (κ1) is 23.8.